The topological polar surface area (TPSA) is 96.3 Å². The van der Waals surface area contributed by atoms with Crippen molar-refractivity contribution < 1.29 is 51.7 Å². The average molecular weight is 1660 g/mol. The van der Waals surface area contributed by atoms with Gasteiger partial charge in [0.1, 0.15) is 0 Å². The minimum absolute atomic E-state index is 0. The summed E-state index contributed by atoms with van der Waals surface area (Å²) in [7, 11) is 10.5. The van der Waals surface area contributed by atoms with Gasteiger partial charge in [-0.25, -0.2) is 0 Å². The van der Waals surface area contributed by atoms with Gasteiger partial charge < -0.3 is 26.6 Å². The molecule has 0 fully saturated rings. The van der Waals surface area contributed by atoms with Gasteiger partial charge in [0.15, 0.2) is 0 Å². The zero-order valence-electron chi connectivity index (χ0n) is 60.6. The van der Waals surface area contributed by atoms with Crippen LogP contribution in [0.4, 0.5) is 11.4 Å². The summed E-state index contributed by atoms with van der Waals surface area (Å²) >= 11 is 0. The van der Waals surface area contributed by atoms with Gasteiger partial charge in [-0.1, -0.05) is 241 Å². The molecule has 1 unspecified atom stereocenters. The molecule has 1 atom stereocenters. The maximum absolute atomic E-state index is 5.66. The van der Waals surface area contributed by atoms with E-state index in [-0.39, 0.29) is 57.7 Å². The van der Waals surface area contributed by atoms with Crippen LogP contribution in [0.25, 0.3) is 103 Å². The first-order chi connectivity index (χ1) is 48.8. The first-order valence-corrected chi connectivity index (χ1v) is 33.6. The molecular weight excluding hydrogens is 1570 g/mol. The summed E-state index contributed by atoms with van der Waals surface area (Å²) in [5.74, 6) is 0. The first-order valence-electron chi connectivity index (χ1n) is 33.6. The van der Waals surface area contributed by atoms with Crippen LogP contribution < -0.4 is 0 Å². The second kappa shape index (κ2) is 43.2. The van der Waals surface area contributed by atoms with Crippen LogP contribution in [-0.2, 0) is 58.2 Å². The van der Waals surface area contributed by atoms with Crippen LogP contribution in [-0.4, -0.2) is 52.3 Å². The summed E-state index contributed by atoms with van der Waals surface area (Å²) in [6.07, 6.45) is 0. The van der Waals surface area contributed by atoms with Crippen molar-refractivity contribution in [1.29, 1.82) is 0 Å². The Kier molecular flexibility index (Phi) is 34.4. The maximum Gasteiger partial charge on any atom is 0.0711 e. The molecule has 2 aromatic heterocycles. The summed E-state index contributed by atoms with van der Waals surface area (Å²) < 4.78 is 0. The summed E-state index contributed by atoms with van der Waals surface area (Å²) in [5.41, 5.74) is 17.5. The number of pyridine rings is 2. The molecule has 15 rings (SSSR count). The molecule has 2 heterocycles. The summed E-state index contributed by atoms with van der Waals surface area (Å²) in [6, 6.07) is 109. The van der Waals surface area contributed by atoms with E-state index in [2.05, 4.69) is 289 Å². The fourth-order valence-electron chi connectivity index (χ4n) is 11.7. The van der Waals surface area contributed by atoms with Gasteiger partial charge in [-0.05, 0) is 123 Å². The number of rotatable bonds is 9. The normalized spacial score (nSPS) is 10.3. The largest absolute Gasteiger partial charge is 0.679 e. The van der Waals surface area contributed by atoms with Gasteiger partial charge >= 0.3 is 0 Å². The Morgan fingerprint density at radius 3 is 1.10 bits per heavy atom. The molecule has 0 amide bonds. The van der Waals surface area contributed by atoms with Crippen LogP contribution in [0.3, 0.4) is 0 Å². The minimum atomic E-state index is -0.324. The number of aryl methyl sites for hydroxylation is 4. The number of fused-ring (bicyclic) bond motifs is 5. The van der Waals surface area contributed by atoms with Crippen molar-refractivity contribution in [2.24, 2.45) is 0 Å². The van der Waals surface area contributed by atoms with E-state index in [4.69, 9.17) is 20.6 Å². The SMILES string of the molecule is C[N-]C.C[N-]C.C[N-]C.Cc1cc(C)c([N-]Cc2cccc(-c3cccc4ccccc34)n2)c(C)c1.Cc1ccc2ccccc2c1[N-]C(c1cccc(-c2cccc3ccccc23)n1)c1c2ccccc2cc2ccccc12.[CH2-]c1ccccc1.[CH2-]c1ccccc1.[CH2-]c1ccccc1.[Hf].[Hf]. The predicted octanol–water partition coefficient (Wildman–Crippen LogP) is 26.0. The number of aromatic nitrogens is 2. The van der Waals surface area contributed by atoms with Crippen molar-refractivity contribution >= 4 is 65.2 Å². The third-order valence-corrected chi connectivity index (χ3v) is 16.0. The Labute approximate surface area is 645 Å². The van der Waals surface area contributed by atoms with E-state index in [0.717, 1.165) is 72.9 Å². The number of hydrogen-bond acceptors (Lipinski definition) is 2. The molecule has 514 valence electrons. The minimum Gasteiger partial charge on any atom is -0.679 e. The van der Waals surface area contributed by atoms with Crippen molar-refractivity contribution in [3.05, 3.63) is 419 Å². The number of hydrogen-bond donors (Lipinski definition) is 0. The van der Waals surface area contributed by atoms with E-state index in [1.807, 2.05) is 91.0 Å². The quantitative estimate of drug-likeness (QED) is 0.0817. The molecule has 15 aromatic rings. The molecule has 0 bridgehead atoms. The first kappa shape index (κ1) is 81.3. The molecule has 0 N–H and O–H groups in total. The Bertz CT molecular complexity index is 4790. The van der Waals surface area contributed by atoms with Crippen LogP contribution in [0.2, 0.25) is 0 Å². The van der Waals surface area contributed by atoms with E-state index in [1.54, 1.807) is 42.3 Å². The molecular formula is C93H91Hf2N7-8. The maximum atomic E-state index is 5.66. The van der Waals surface area contributed by atoms with Gasteiger partial charge in [0, 0.05) is 74.2 Å². The van der Waals surface area contributed by atoms with E-state index >= 15 is 0 Å². The Balaban J connectivity index is 0.000000234. The standard InChI is InChI=1S/C41H29N2.C25H23N2.3C7H7.3C2H6N.2Hf/c1-27-24-25-29-13-3-9-20-35(29)40(27)43-41(39-33-18-7-4-14-30(33)26-31-15-5-8-19-34(31)39)38-23-11-22-37(42-38)36-21-10-16-28-12-2-6-17-32(28)36;1-17-14-18(2)25(19(3)15-17)26-16-21-10-7-13-24(27-21)23-12-6-9-20-8-4-5-11-22(20)23;3*1-7-5-3-2-4-6-7;3*1-3-2;;/h2-26,41H,1H3;4-15H,16H2,1-3H3;3*2-6H,1H2;3*1-2H3;;/q8*-1;;. The van der Waals surface area contributed by atoms with Gasteiger partial charge in [0.25, 0.3) is 0 Å². The zero-order chi connectivity index (χ0) is 71.0. The van der Waals surface area contributed by atoms with Crippen LogP contribution in [0.5, 0.6) is 0 Å². The molecule has 13 aromatic carbocycles. The van der Waals surface area contributed by atoms with E-state index < -0.39 is 0 Å². The molecule has 0 aliphatic carbocycles. The van der Waals surface area contributed by atoms with E-state index in [9.17, 15) is 0 Å². The van der Waals surface area contributed by atoms with Crippen LogP contribution >= 0.6 is 0 Å². The third kappa shape index (κ3) is 23.4. The smallest absolute Gasteiger partial charge is 0.0711 e. The fourth-order valence-corrected chi connectivity index (χ4v) is 11.7. The van der Waals surface area contributed by atoms with E-state index in [1.165, 1.54) is 70.7 Å². The molecule has 0 saturated heterocycles. The Morgan fingerprint density at radius 1 is 0.314 bits per heavy atom. The van der Waals surface area contributed by atoms with Gasteiger partial charge in [0.2, 0.25) is 0 Å². The van der Waals surface area contributed by atoms with Crippen molar-refractivity contribution in [3.63, 3.8) is 0 Å². The summed E-state index contributed by atoms with van der Waals surface area (Å²) in [4.78, 5) is 10.3. The van der Waals surface area contributed by atoms with Gasteiger partial charge in [-0.15, -0.1) is 47.8 Å². The van der Waals surface area contributed by atoms with E-state index in [0.29, 0.717) is 6.54 Å². The Hall–Kier alpha value is -9.71. The van der Waals surface area contributed by atoms with Crippen LogP contribution in [0.1, 0.15) is 61.9 Å². The summed E-state index contributed by atoms with van der Waals surface area (Å²) in [5, 5.41) is 33.0. The second-order valence-corrected chi connectivity index (χ2v) is 24.1. The monoisotopic (exact) mass is 1670 g/mol. The molecule has 0 radical (unpaired) electrons. The van der Waals surface area contributed by atoms with Crippen molar-refractivity contribution in [2.45, 2.75) is 40.3 Å². The number of benzene rings is 13. The average Bonchev–Trinajstić information content (AvgIpc) is 0.752. The summed E-state index contributed by atoms with van der Waals surface area (Å²) in [6.45, 7) is 20.3. The zero-order valence-corrected chi connectivity index (χ0v) is 67.7. The van der Waals surface area contributed by atoms with Gasteiger partial charge in [-0.2, -0.15) is 116 Å². The molecule has 9 heteroatoms. The molecule has 0 spiro atoms. The predicted molar refractivity (Wildman–Crippen MR) is 435 cm³/mol. The third-order valence-electron chi connectivity index (χ3n) is 16.0. The number of nitrogens with zero attached hydrogens (tertiary/aromatic N) is 7. The molecule has 0 aliphatic rings. The van der Waals surface area contributed by atoms with Gasteiger partial charge in [-0.3, -0.25) is 9.97 Å². The molecule has 0 saturated carbocycles. The fraction of sp³-hybridized carbons (Fsp3) is 0.129. The van der Waals surface area contributed by atoms with Crippen LogP contribution in [0.15, 0.2) is 315 Å². The van der Waals surface area contributed by atoms with Crippen molar-refractivity contribution in [1.82, 2.24) is 9.97 Å². The molecule has 102 heavy (non-hydrogen) atoms. The van der Waals surface area contributed by atoms with Crippen molar-refractivity contribution in [2.75, 3.05) is 42.3 Å². The molecule has 7 nitrogen and oxygen atoms in total. The van der Waals surface area contributed by atoms with Crippen LogP contribution in [0, 0.1) is 48.5 Å². The van der Waals surface area contributed by atoms with Gasteiger partial charge in [0.05, 0.1) is 11.4 Å². The molecule has 0 aliphatic heterocycles. The second-order valence-electron chi connectivity index (χ2n) is 24.1. The van der Waals surface area contributed by atoms with Crippen molar-refractivity contribution in [3.8, 4) is 22.5 Å². The Morgan fingerprint density at radius 2 is 0.667 bits per heavy atom.